The van der Waals surface area contributed by atoms with Gasteiger partial charge < -0.3 is 21.2 Å². The van der Waals surface area contributed by atoms with Crippen molar-refractivity contribution in [2.45, 2.75) is 44.1 Å². The van der Waals surface area contributed by atoms with E-state index < -0.39 is 5.23 Å². The molecule has 0 saturated heterocycles. The molecule has 1 saturated carbocycles. The van der Waals surface area contributed by atoms with E-state index in [2.05, 4.69) is 28.1 Å². The summed E-state index contributed by atoms with van der Waals surface area (Å²) in [6, 6.07) is 20.2. The second kappa shape index (κ2) is 13.2. The number of nitrogens with one attached hydrogen (secondary N) is 4. The maximum absolute atomic E-state index is 12.6. The largest absolute Gasteiger partial charge is 0.595 e. The number of carbonyl (C=O) groups is 1. The summed E-state index contributed by atoms with van der Waals surface area (Å²) in [6.45, 7) is 1.32. The molecule has 4 rings (SSSR count). The topological polar surface area (TPSA) is 101 Å². The van der Waals surface area contributed by atoms with Crippen LogP contribution in [0.2, 0.25) is 10.0 Å². The highest BCUT2D eigenvalue weighted by molar-refractivity contribution is 6.35. The molecule has 5 N–H and O–H groups in total. The fourth-order valence-corrected chi connectivity index (χ4v) is 5.30. The Labute approximate surface area is 227 Å². The minimum absolute atomic E-state index is 0.0991. The van der Waals surface area contributed by atoms with Crippen LogP contribution < -0.4 is 21.2 Å². The third kappa shape index (κ3) is 8.17. The van der Waals surface area contributed by atoms with Crippen LogP contribution >= 0.6 is 23.2 Å². The summed E-state index contributed by atoms with van der Waals surface area (Å²) in [4.78, 5) is 12.6. The maximum atomic E-state index is 12.6. The first-order chi connectivity index (χ1) is 17.9. The summed E-state index contributed by atoms with van der Waals surface area (Å²) in [6.07, 6.45) is 5.87. The van der Waals surface area contributed by atoms with Crippen molar-refractivity contribution in [2.75, 3.05) is 18.4 Å². The van der Waals surface area contributed by atoms with E-state index in [1.165, 1.54) is 25.7 Å². The molecule has 2 atom stereocenters. The van der Waals surface area contributed by atoms with E-state index >= 15 is 0 Å². The van der Waals surface area contributed by atoms with E-state index in [-0.39, 0.29) is 17.6 Å². The summed E-state index contributed by atoms with van der Waals surface area (Å²) in [7, 11) is 0. The lowest BCUT2D eigenvalue weighted by Gasteiger charge is -2.21. The van der Waals surface area contributed by atoms with Crippen LogP contribution in [0.15, 0.2) is 66.7 Å². The van der Waals surface area contributed by atoms with Crippen LogP contribution in [0.25, 0.3) is 11.1 Å². The highest BCUT2D eigenvalue weighted by atomic mass is 35.5. The minimum Gasteiger partial charge on any atom is -0.595 e. The van der Waals surface area contributed by atoms with Crippen molar-refractivity contribution in [1.29, 1.82) is 0 Å². The monoisotopic (exact) mass is 542 g/mol. The predicted molar refractivity (Wildman–Crippen MR) is 149 cm³/mol. The van der Waals surface area contributed by atoms with Crippen molar-refractivity contribution < 1.29 is 15.2 Å². The quantitative estimate of drug-likeness (QED) is 0.206. The van der Waals surface area contributed by atoms with Gasteiger partial charge in [0.25, 0.3) is 0 Å². The number of carbonyl (C=O) groups excluding carboxylic acids is 1. The Morgan fingerprint density at radius 1 is 1.00 bits per heavy atom. The van der Waals surface area contributed by atoms with E-state index in [0.717, 1.165) is 29.7 Å². The Bertz CT molecular complexity index is 1160. The normalized spacial score (nSPS) is 15.4. The molecule has 0 heterocycles. The molecular weight excluding hydrogens is 511 g/mol. The smallest absolute Gasteiger partial charge is 0.319 e. The molecule has 0 radical (unpaired) electrons. The van der Waals surface area contributed by atoms with E-state index in [9.17, 15) is 15.2 Å². The number of halogens is 2. The first kappa shape index (κ1) is 27.4. The number of hydrogen-bond acceptors (Lipinski definition) is 4. The molecule has 0 bridgehead atoms. The highest BCUT2D eigenvalue weighted by Crippen LogP contribution is 2.26. The molecule has 2 unspecified atom stereocenters. The molecule has 2 amide bonds. The molecule has 37 heavy (non-hydrogen) atoms. The lowest BCUT2D eigenvalue weighted by molar-refractivity contribution is -0.991. The van der Waals surface area contributed by atoms with E-state index in [1.807, 2.05) is 18.2 Å². The number of amides is 2. The SMILES string of the molecule is O=C(NCC(CCNC1CCCC1)c1ccc(-c2cccc([NH+]([O-])O)c2)cc1)Nc1cc(Cl)cc(Cl)c1. The van der Waals surface area contributed by atoms with Gasteiger partial charge in [0, 0.05) is 46.4 Å². The van der Waals surface area contributed by atoms with Crippen molar-refractivity contribution in [2.24, 2.45) is 0 Å². The lowest BCUT2D eigenvalue weighted by atomic mass is 9.93. The van der Waals surface area contributed by atoms with Crippen LogP contribution in [0.4, 0.5) is 16.2 Å². The van der Waals surface area contributed by atoms with E-state index in [1.54, 1.807) is 36.4 Å². The standard InChI is InChI=1S/C28H32Cl2N4O3/c29-23-15-24(30)17-26(16-23)33-28(35)32-18-22(12-13-31-25-5-1-2-6-25)20-10-8-19(9-11-20)21-4-3-7-27(14-21)34(36)37/h3-4,7-11,14-17,22,25,31,34,36H,1-2,5-6,12-13,18H2,(H2,32,33,35). The second-order valence-electron chi connectivity index (χ2n) is 9.42. The number of urea groups is 1. The molecule has 3 aromatic carbocycles. The molecule has 1 aliphatic carbocycles. The molecule has 0 aromatic heterocycles. The van der Waals surface area contributed by atoms with Crippen molar-refractivity contribution in [3.63, 3.8) is 0 Å². The van der Waals surface area contributed by atoms with Crippen molar-refractivity contribution >= 4 is 40.6 Å². The van der Waals surface area contributed by atoms with E-state index in [4.69, 9.17) is 23.2 Å². The molecule has 1 fully saturated rings. The minimum atomic E-state index is -0.947. The number of benzene rings is 3. The molecule has 196 valence electrons. The fourth-order valence-electron chi connectivity index (χ4n) is 4.77. The zero-order chi connectivity index (χ0) is 26.2. The van der Waals surface area contributed by atoms with Gasteiger partial charge in [-0.3, -0.25) is 0 Å². The van der Waals surface area contributed by atoms with Crippen LogP contribution in [0, 0.1) is 5.21 Å². The zero-order valence-corrected chi connectivity index (χ0v) is 22.0. The Balaban J connectivity index is 1.43. The lowest BCUT2D eigenvalue weighted by Crippen LogP contribution is -2.99. The van der Waals surface area contributed by atoms with Gasteiger partial charge >= 0.3 is 6.03 Å². The van der Waals surface area contributed by atoms with Crippen LogP contribution in [0.1, 0.15) is 43.6 Å². The summed E-state index contributed by atoms with van der Waals surface area (Å²) in [5.74, 6) is 0.0991. The molecule has 0 aliphatic heterocycles. The molecule has 1 aliphatic rings. The highest BCUT2D eigenvalue weighted by Gasteiger charge is 2.17. The number of quaternary nitrogens is 1. The summed E-state index contributed by atoms with van der Waals surface area (Å²) >= 11 is 12.1. The van der Waals surface area contributed by atoms with Gasteiger partial charge in [-0.15, -0.1) is 0 Å². The van der Waals surface area contributed by atoms with Gasteiger partial charge in [0.1, 0.15) is 0 Å². The van der Waals surface area contributed by atoms with Crippen LogP contribution in [0.5, 0.6) is 0 Å². The Morgan fingerprint density at radius 3 is 2.38 bits per heavy atom. The van der Waals surface area contributed by atoms with Gasteiger partial charge in [0.15, 0.2) is 5.69 Å². The van der Waals surface area contributed by atoms with E-state index in [0.29, 0.717) is 28.3 Å². The predicted octanol–water partition coefficient (Wildman–Crippen LogP) is 5.89. The van der Waals surface area contributed by atoms with Crippen molar-refractivity contribution in [3.8, 4) is 11.1 Å². The van der Waals surface area contributed by atoms with Gasteiger partial charge in [-0.05, 0) is 60.7 Å². The third-order valence-electron chi connectivity index (χ3n) is 6.74. The summed E-state index contributed by atoms with van der Waals surface area (Å²) in [5.41, 5.74) is 3.69. The summed E-state index contributed by atoms with van der Waals surface area (Å²) < 4.78 is 0. The number of rotatable bonds is 10. The fraction of sp³-hybridized carbons (Fsp3) is 0.321. The molecule has 0 spiro atoms. The Kier molecular flexibility index (Phi) is 9.80. The second-order valence-corrected chi connectivity index (χ2v) is 10.3. The van der Waals surface area contributed by atoms with Gasteiger partial charge in [0.05, 0.1) is 0 Å². The van der Waals surface area contributed by atoms with Gasteiger partial charge in [0.2, 0.25) is 0 Å². The molecule has 3 aromatic rings. The molecular formula is C28H32Cl2N4O3. The van der Waals surface area contributed by atoms with Gasteiger partial charge in [-0.1, -0.05) is 72.4 Å². The van der Waals surface area contributed by atoms with Crippen LogP contribution in [-0.2, 0) is 0 Å². The third-order valence-corrected chi connectivity index (χ3v) is 7.17. The maximum Gasteiger partial charge on any atom is 0.319 e. The summed E-state index contributed by atoms with van der Waals surface area (Å²) in [5, 5.41) is 30.0. The average Bonchev–Trinajstić information content (AvgIpc) is 3.39. The van der Waals surface area contributed by atoms with Crippen LogP contribution in [-0.4, -0.2) is 30.4 Å². The molecule has 7 nitrogen and oxygen atoms in total. The Hall–Kier alpha value is -2.65. The van der Waals surface area contributed by atoms with Gasteiger partial charge in [-0.25, -0.2) is 10.0 Å². The average molecular weight is 543 g/mol. The number of hydrogen-bond donors (Lipinski definition) is 5. The van der Waals surface area contributed by atoms with Gasteiger partial charge in [-0.2, -0.15) is 5.23 Å². The first-order valence-corrected chi connectivity index (χ1v) is 13.3. The first-order valence-electron chi connectivity index (χ1n) is 12.6. The van der Waals surface area contributed by atoms with Crippen LogP contribution in [0.3, 0.4) is 0 Å². The van der Waals surface area contributed by atoms with Crippen molar-refractivity contribution in [1.82, 2.24) is 10.6 Å². The Morgan fingerprint density at radius 2 is 1.70 bits per heavy atom. The molecule has 9 heteroatoms. The zero-order valence-electron chi connectivity index (χ0n) is 20.5. The van der Waals surface area contributed by atoms with Crippen molar-refractivity contribution in [3.05, 3.63) is 87.5 Å². The number of anilines is 1.